The average Bonchev–Trinajstić information content (AvgIpc) is 2.30. The molecular weight excluding hydrogens is 202 g/mol. The van der Waals surface area contributed by atoms with Crippen molar-refractivity contribution in [3.05, 3.63) is 35.9 Å². The van der Waals surface area contributed by atoms with Gasteiger partial charge >= 0.3 is 5.97 Å². The van der Waals surface area contributed by atoms with E-state index in [0.29, 0.717) is 13.0 Å². The van der Waals surface area contributed by atoms with Crippen LogP contribution in [0.2, 0.25) is 0 Å². The second-order valence-corrected chi connectivity index (χ2v) is 3.82. The molecular formula is C13H19NO2. The first-order chi connectivity index (χ1) is 7.74. The standard InChI is InChI=1S/C13H19NO2/c1-2-3-9-16-13(15)12(14)10-11-7-5-4-6-8-11/h4-8,12H,2-3,9-10,14H2,1H3/t12-/m0/s1. The van der Waals surface area contributed by atoms with Crippen LogP contribution in [-0.4, -0.2) is 18.6 Å². The van der Waals surface area contributed by atoms with Gasteiger partial charge < -0.3 is 10.5 Å². The summed E-state index contributed by atoms with van der Waals surface area (Å²) in [6.07, 6.45) is 2.44. The highest BCUT2D eigenvalue weighted by molar-refractivity contribution is 5.75. The molecule has 0 bridgehead atoms. The van der Waals surface area contributed by atoms with Gasteiger partial charge in [-0.3, -0.25) is 4.79 Å². The first-order valence-electron chi connectivity index (χ1n) is 5.70. The molecule has 0 saturated heterocycles. The second kappa shape index (κ2) is 7.01. The van der Waals surface area contributed by atoms with Gasteiger partial charge in [-0.25, -0.2) is 0 Å². The molecule has 0 unspecified atom stereocenters. The molecule has 88 valence electrons. The summed E-state index contributed by atoms with van der Waals surface area (Å²) in [5, 5.41) is 0. The minimum absolute atomic E-state index is 0.308. The Labute approximate surface area is 96.6 Å². The first kappa shape index (κ1) is 12.7. The Hall–Kier alpha value is -1.35. The number of esters is 1. The minimum Gasteiger partial charge on any atom is -0.465 e. The van der Waals surface area contributed by atoms with Crippen molar-refractivity contribution in [1.82, 2.24) is 0 Å². The fourth-order valence-corrected chi connectivity index (χ4v) is 1.38. The second-order valence-electron chi connectivity index (χ2n) is 3.82. The highest BCUT2D eigenvalue weighted by Crippen LogP contribution is 2.03. The highest BCUT2D eigenvalue weighted by atomic mass is 16.5. The van der Waals surface area contributed by atoms with Crippen LogP contribution in [0.3, 0.4) is 0 Å². The molecule has 16 heavy (non-hydrogen) atoms. The van der Waals surface area contributed by atoms with Gasteiger partial charge in [0, 0.05) is 0 Å². The van der Waals surface area contributed by atoms with E-state index < -0.39 is 6.04 Å². The lowest BCUT2D eigenvalue weighted by atomic mass is 10.1. The molecule has 0 aromatic heterocycles. The number of ether oxygens (including phenoxy) is 1. The van der Waals surface area contributed by atoms with Crippen LogP contribution in [0.5, 0.6) is 0 Å². The van der Waals surface area contributed by atoms with E-state index in [-0.39, 0.29) is 5.97 Å². The van der Waals surface area contributed by atoms with Gasteiger partial charge in [0.1, 0.15) is 6.04 Å². The quantitative estimate of drug-likeness (QED) is 0.589. The summed E-state index contributed by atoms with van der Waals surface area (Å²) < 4.78 is 5.05. The lowest BCUT2D eigenvalue weighted by Crippen LogP contribution is -2.34. The fraction of sp³-hybridized carbons (Fsp3) is 0.462. The smallest absolute Gasteiger partial charge is 0.323 e. The summed E-state index contributed by atoms with van der Waals surface area (Å²) in [6, 6.07) is 9.17. The lowest BCUT2D eigenvalue weighted by Gasteiger charge is -2.11. The summed E-state index contributed by atoms with van der Waals surface area (Å²) in [5.74, 6) is -0.308. The zero-order valence-corrected chi connectivity index (χ0v) is 9.69. The zero-order chi connectivity index (χ0) is 11.8. The Bertz CT molecular complexity index is 311. The monoisotopic (exact) mass is 221 g/mol. The maximum Gasteiger partial charge on any atom is 0.323 e. The van der Waals surface area contributed by atoms with Crippen LogP contribution in [-0.2, 0) is 16.0 Å². The van der Waals surface area contributed by atoms with E-state index >= 15 is 0 Å². The van der Waals surface area contributed by atoms with Crippen molar-refractivity contribution in [2.24, 2.45) is 5.73 Å². The molecule has 1 atom stereocenters. The van der Waals surface area contributed by atoms with E-state index in [0.717, 1.165) is 18.4 Å². The average molecular weight is 221 g/mol. The molecule has 3 heteroatoms. The SMILES string of the molecule is CCCCOC(=O)[C@@H](N)Cc1ccccc1. The number of carbonyl (C=O) groups is 1. The van der Waals surface area contributed by atoms with Gasteiger partial charge in [-0.05, 0) is 18.4 Å². The molecule has 0 amide bonds. The Morgan fingerprint density at radius 3 is 2.69 bits per heavy atom. The molecule has 0 aliphatic heterocycles. The fourth-order valence-electron chi connectivity index (χ4n) is 1.38. The predicted molar refractivity (Wildman–Crippen MR) is 64.0 cm³/mol. The normalized spacial score (nSPS) is 12.1. The summed E-state index contributed by atoms with van der Waals surface area (Å²) in [4.78, 5) is 11.5. The van der Waals surface area contributed by atoms with E-state index in [2.05, 4.69) is 6.92 Å². The van der Waals surface area contributed by atoms with Gasteiger partial charge in [0.15, 0.2) is 0 Å². The van der Waals surface area contributed by atoms with Crippen LogP contribution in [0, 0.1) is 0 Å². The van der Waals surface area contributed by atoms with Gasteiger partial charge in [0.25, 0.3) is 0 Å². The molecule has 3 nitrogen and oxygen atoms in total. The van der Waals surface area contributed by atoms with Crippen LogP contribution < -0.4 is 5.73 Å². The van der Waals surface area contributed by atoms with Crippen molar-refractivity contribution in [3.8, 4) is 0 Å². The Kier molecular flexibility index (Phi) is 5.57. The van der Waals surface area contributed by atoms with Crippen molar-refractivity contribution in [1.29, 1.82) is 0 Å². The van der Waals surface area contributed by atoms with Crippen LogP contribution >= 0.6 is 0 Å². The van der Waals surface area contributed by atoms with Crippen molar-refractivity contribution in [3.63, 3.8) is 0 Å². The van der Waals surface area contributed by atoms with E-state index in [1.807, 2.05) is 30.3 Å². The zero-order valence-electron chi connectivity index (χ0n) is 9.69. The summed E-state index contributed by atoms with van der Waals surface area (Å²) in [5.41, 5.74) is 6.81. The molecule has 0 radical (unpaired) electrons. The third kappa shape index (κ3) is 4.45. The third-order valence-electron chi connectivity index (χ3n) is 2.34. The summed E-state index contributed by atoms with van der Waals surface area (Å²) in [6.45, 7) is 2.52. The predicted octanol–water partition coefficient (Wildman–Crippen LogP) is 1.90. The van der Waals surface area contributed by atoms with Crippen molar-refractivity contribution >= 4 is 5.97 Å². The molecule has 1 aromatic carbocycles. The number of hydrogen-bond donors (Lipinski definition) is 1. The van der Waals surface area contributed by atoms with Gasteiger partial charge in [0.05, 0.1) is 6.61 Å². The largest absolute Gasteiger partial charge is 0.465 e. The minimum atomic E-state index is -0.556. The van der Waals surface area contributed by atoms with Gasteiger partial charge in [-0.2, -0.15) is 0 Å². The van der Waals surface area contributed by atoms with E-state index in [1.165, 1.54) is 0 Å². The van der Waals surface area contributed by atoms with E-state index in [1.54, 1.807) is 0 Å². The molecule has 0 heterocycles. The van der Waals surface area contributed by atoms with Crippen molar-refractivity contribution < 1.29 is 9.53 Å². The number of carbonyl (C=O) groups excluding carboxylic acids is 1. The van der Waals surface area contributed by atoms with Gasteiger partial charge in [-0.15, -0.1) is 0 Å². The van der Waals surface area contributed by atoms with Gasteiger partial charge in [-0.1, -0.05) is 43.7 Å². The Morgan fingerprint density at radius 2 is 2.06 bits per heavy atom. The maximum atomic E-state index is 11.5. The lowest BCUT2D eigenvalue weighted by molar-refractivity contribution is -0.145. The number of rotatable bonds is 6. The number of hydrogen-bond acceptors (Lipinski definition) is 3. The molecule has 1 rings (SSSR count). The van der Waals surface area contributed by atoms with Crippen LogP contribution in [0.25, 0.3) is 0 Å². The number of unbranched alkanes of at least 4 members (excludes halogenated alkanes) is 1. The first-order valence-corrected chi connectivity index (χ1v) is 5.70. The van der Waals surface area contributed by atoms with Crippen molar-refractivity contribution in [2.45, 2.75) is 32.2 Å². The topological polar surface area (TPSA) is 52.3 Å². The molecule has 0 aliphatic rings. The highest BCUT2D eigenvalue weighted by Gasteiger charge is 2.14. The Balaban J connectivity index is 2.34. The number of nitrogens with two attached hydrogens (primary N) is 1. The van der Waals surface area contributed by atoms with Crippen LogP contribution in [0.1, 0.15) is 25.3 Å². The number of benzene rings is 1. The molecule has 0 fully saturated rings. The molecule has 1 aromatic rings. The van der Waals surface area contributed by atoms with E-state index in [4.69, 9.17) is 10.5 Å². The van der Waals surface area contributed by atoms with E-state index in [9.17, 15) is 4.79 Å². The molecule has 0 aliphatic carbocycles. The van der Waals surface area contributed by atoms with Crippen LogP contribution in [0.15, 0.2) is 30.3 Å². The summed E-state index contributed by atoms with van der Waals surface area (Å²) >= 11 is 0. The summed E-state index contributed by atoms with van der Waals surface area (Å²) in [7, 11) is 0. The van der Waals surface area contributed by atoms with Gasteiger partial charge in [0.2, 0.25) is 0 Å². The Morgan fingerprint density at radius 1 is 1.38 bits per heavy atom. The molecule has 0 saturated carbocycles. The molecule has 2 N–H and O–H groups in total. The molecule has 0 spiro atoms. The third-order valence-corrected chi connectivity index (χ3v) is 2.34. The van der Waals surface area contributed by atoms with Crippen molar-refractivity contribution in [2.75, 3.05) is 6.61 Å². The maximum absolute atomic E-state index is 11.5. The van der Waals surface area contributed by atoms with Crippen LogP contribution in [0.4, 0.5) is 0 Å².